The molecule has 0 bridgehead atoms. The summed E-state index contributed by atoms with van der Waals surface area (Å²) in [4.78, 5) is 16.9. The molecule has 5 nitrogen and oxygen atoms in total. The van der Waals surface area contributed by atoms with Crippen LogP contribution in [-0.4, -0.2) is 22.6 Å². The summed E-state index contributed by atoms with van der Waals surface area (Å²) in [5.41, 5.74) is 1.46. The summed E-state index contributed by atoms with van der Waals surface area (Å²) < 4.78 is 20.4. The average molecular weight is 400 g/mol. The molecule has 1 aromatic heterocycles. The summed E-state index contributed by atoms with van der Waals surface area (Å²) in [6.45, 7) is 0. The lowest BCUT2D eigenvalue weighted by molar-refractivity contribution is -0.117. The Kier molecular flexibility index (Phi) is 6.11. The number of nitrogens with one attached hydrogen (secondary N) is 1. The van der Waals surface area contributed by atoms with Crippen LogP contribution in [0.5, 0.6) is 5.75 Å². The minimum atomic E-state index is -0.504. The Hall–Kier alpha value is -3.12. The van der Waals surface area contributed by atoms with E-state index in [1.807, 2.05) is 42.1 Å². The van der Waals surface area contributed by atoms with Gasteiger partial charge in [-0.1, -0.05) is 29.8 Å². The van der Waals surface area contributed by atoms with E-state index in [-0.39, 0.29) is 10.9 Å². The predicted molar refractivity (Wildman–Crippen MR) is 107 cm³/mol. The fraction of sp³-hybridized carbons (Fsp3) is 0.143. The van der Waals surface area contributed by atoms with E-state index in [0.29, 0.717) is 17.1 Å². The highest BCUT2D eigenvalue weighted by molar-refractivity contribution is 6.30. The van der Waals surface area contributed by atoms with E-state index >= 15 is 0 Å². The van der Waals surface area contributed by atoms with Crippen molar-refractivity contribution < 1.29 is 13.9 Å². The molecule has 0 fully saturated rings. The minimum Gasteiger partial charge on any atom is -0.497 e. The number of ether oxygens (including phenoxy) is 1. The molecule has 1 unspecified atom stereocenters. The molecule has 1 amide bonds. The second kappa shape index (κ2) is 8.71. The number of methoxy groups -OCH3 is 1. The zero-order valence-corrected chi connectivity index (χ0v) is 16.2. The number of aryl methyl sites for hydroxylation is 1. The molecule has 1 N–H and O–H groups in total. The molecule has 0 aliphatic rings. The number of carbonyl (C=O) groups is 1. The fourth-order valence-corrected chi connectivity index (χ4v) is 2.94. The van der Waals surface area contributed by atoms with Crippen LogP contribution in [-0.2, 0) is 11.8 Å². The highest BCUT2D eigenvalue weighted by Gasteiger charge is 2.20. The van der Waals surface area contributed by atoms with Gasteiger partial charge in [0.15, 0.2) is 0 Å². The molecular formula is C21H19ClFN3O2. The maximum Gasteiger partial charge on any atom is 0.244 e. The average Bonchev–Trinajstić information content (AvgIpc) is 3.12. The number of aromatic nitrogens is 2. The first-order valence-electron chi connectivity index (χ1n) is 8.52. The number of hydrogen-bond acceptors (Lipinski definition) is 3. The standard InChI is InChI=1S/C21H19ClFN3O2/c1-26-11-10-24-21(26)20(15-4-3-5-16(13-15)28-2)25-19(27)9-7-14-6-8-18(23)17(22)12-14/h3-13,20H,1-2H3,(H,25,27)/b9-7+. The molecule has 0 saturated heterocycles. The number of nitrogens with zero attached hydrogens (tertiary/aromatic N) is 2. The molecular weight excluding hydrogens is 381 g/mol. The summed E-state index contributed by atoms with van der Waals surface area (Å²) in [6.07, 6.45) is 6.43. The Labute approximate surface area is 167 Å². The molecule has 3 aromatic rings. The van der Waals surface area contributed by atoms with E-state index in [2.05, 4.69) is 10.3 Å². The summed E-state index contributed by atoms with van der Waals surface area (Å²) >= 11 is 5.77. The van der Waals surface area contributed by atoms with Gasteiger partial charge < -0.3 is 14.6 Å². The second-order valence-corrected chi connectivity index (χ2v) is 6.53. The zero-order valence-electron chi connectivity index (χ0n) is 15.4. The topological polar surface area (TPSA) is 56.1 Å². The summed E-state index contributed by atoms with van der Waals surface area (Å²) in [5, 5.41) is 2.96. The molecule has 0 saturated carbocycles. The third-order valence-corrected chi connectivity index (χ3v) is 4.49. The van der Waals surface area contributed by atoms with Crippen molar-refractivity contribution in [3.63, 3.8) is 0 Å². The van der Waals surface area contributed by atoms with E-state index in [0.717, 1.165) is 5.56 Å². The molecule has 0 aliphatic heterocycles. The second-order valence-electron chi connectivity index (χ2n) is 6.12. The van der Waals surface area contributed by atoms with E-state index < -0.39 is 11.9 Å². The third kappa shape index (κ3) is 4.58. The monoisotopic (exact) mass is 399 g/mol. The van der Waals surface area contributed by atoms with Gasteiger partial charge in [0.05, 0.1) is 12.1 Å². The molecule has 144 valence electrons. The van der Waals surface area contributed by atoms with Crippen molar-refractivity contribution in [3.8, 4) is 5.75 Å². The quantitative estimate of drug-likeness (QED) is 0.634. The molecule has 3 rings (SSSR count). The van der Waals surface area contributed by atoms with Crippen LogP contribution >= 0.6 is 11.6 Å². The van der Waals surface area contributed by atoms with Crippen molar-refractivity contribution >= 4 is 23.6 Å². The van der Waals surface area contributed by atoms with E-state index in [4.69, 9.17) is 16.3 Å². The van der Waals surface area contributed by atoms with Crippen molar-refractivity contribution in [2.24, 2.45) is 7.05 Å². The van der Waals surface area contributed by atoms with Crippen LogP contribution in [0.2, 0.25) is 5.02 Å². The van der Waals surface area contributed by atoms with Crippen LogP contribution in [0.1, 0.15) is 23.0 Å². The molecule has 2 aromatic carbocycles. The molecule has 1 heterocycles. The van der Waals surface area contributed by atoms with Gasteiger partial charge in [0.1, 0.15) is 23.4 Å². The van der Waals surface area contributed by atoms with Gasteiger partial charge in [-0.25, -0.2) is 9.37 Å². The smallest absolute Gasteiger partial charge is 0.244 e. The van der Waals surface area contributed by atoms with Gasteiger partial charge in [-0.15, -0.1) is 0 Å². The third-order valence-electron chi connectivity index (χ3n) is 4.20. The fourth-order valence-electron chi connectivity index (χ4n) is 2.75. The van der Waals surface area contributed by atoms with Gasteiger partial charge in [0, 0.05) is 25.5 Å². The first-order chi connectivity index (χ1) is 13.5. The molecule has 0 aliphatic carbocycles. The number of hydrogen-bond donors (Lipinski definition) is 1. The summed E-state index contributed by atoms with van der Waals surface area (Å²) in [5.74, 6) is 0.537. The van der Waals surface area contributed by atoms with Crippen molar-refractivity contribution in [3.05, 3.63) is 88.7 Å². The summed E-state index contributed by atoms with van der Waals surface area (Å²) in [6, 6.07) is 11.2. The van der Waals surface area contributed by atoms with Crippen LogP contribution in [0.15, 0.2) is 60.9 Å². The van der Waals surface area contributed by atoms with Gasteiger partial charge in [0.2, 0.25) is 5.91 Å². The first-order valence-corrected chi connectivity index (χ1v) is 8.90. The number of rotatable bonds is 6. The maximum atomic E-state index is 13.3. The highest BCUT2D eigenvalue weighted by Crippen LogP contribution is 2.24. The van der Waals surface area contributed by atoms with Crippen LogP contribution in [0, 0.1) is 5.82 Å². The zero-order chi connectivity index (χ0) is 20.1. The van der Waals surface area contributed by atoms with Gasteiger partial charge in [-0.2, -0.15) is 0 Å². The SMILES string of the molecule is COc1cccc(C(NC(=O)/C=C/c2ccc(F)c(Cl)c2)c2nccn2C)c1. The molecule has 1 atom stereocenters. The molecule has 0 radical (unpaired) electrons. The number of halogens is 2. The lowest BCUT2D eigenvalue weighted by atomic mass is 10.1. The maximum absolute atomic E-state index is 13.3. The van der Waals surface area contributed by atoms with Crippen molar-refractivity contribution in [1.29, 1.82) is 0 Å². The van der Waals surface area contributed by atoms with E-state index in [1.54, 1.807) is 25.4 Å². The Bertz CT molecular complexity index is 1020. The number of benzene rings is 2. The van der Waals surface area contributed by atoms with Gasteiger partial charge >= 0.3 is 0 Å². The minimum absolute atomic E-state index is 0.00447. The van der Waals surface area contributed by atoms with E-state index in [9.17, 15) is 9.18 Å². The Morgan fingerprint density at radius 3 is 2.82 bits per heavy atom. The van der Waals surface area contributed by atoms with Crippen LogP contribution in [0.4, 0.5) is 4.39 Å². The van der Waals surface area contributed by atoms with Crippen LogP contribution < -0.4 is 10.1 Å². The summed E-state index contributed by atoms with van der Waals surface area (Å²) in [7, 11) is 3.45. The highest BCUT2D eigenvalue weighted by atomic mass is 35.5. The largest absolute Gasteiger partial charge is 0.497 e. The van der Waals surface area contributed by atoms with Gasteiger partial charge in [-0.3, -0.25) is 4.79 Å². The van der Waals surface area contributed by atoms with Crippen molar-refractivity contribution in [2.45, 2.75) is 6.04 Å². The van der Waals surface area contributed by atoms with E-state index in [1.165, 1.54) is 18.2 Å². The van der Waals surface area contributed by atoms with Crippen molar-refractivity contribution in [2.75, 3.05) is 7.11 Å². The predicted octanol–water partition coefficient (Wildman–Crippen LogP) is 4.14. The molecule has 0 spiro atoms. The van der Waals surface area contributed by atoms with Gasteiger partial charge in [0.25, 0.3) is 0 Å². The van der Waals surface area contributed by atoms with Gasteiger partial charge in [-0.05, 0) is 41.5 Å². The number of amides is 1. The number of carbonyl (C=O) groups excluding carboxylic acids is 1. The normalized spacial score (nSPS) is 12.1. The molecule has 7 heteroatoms. The van der Waals surface area contributed by atoms with Crippen molar-refractivity contribution in [1.82, 2.24) is 14.9 Å². The Morgan fingerprint density at radius 1 is 1.32 bits per heavy atom. The first kappa shape index (κ1) is 19.6. The molecule has 28 heavy (non-hydrogen) atoms. The lowest BCUT2D eigenvalue weighted by Crippen LogP contribution is -2.29. The lowest BCUT2D eigenvalue weighted by Gasteiger charge is -2.19. The number of imidazole rings is 1. The van der Waals surface area contributed by atoms with Crippen LogP contribution in [0.3, 0.4) is 0 Å². The van der Waals surface area contributed by atoms with Crippen LogP contribution in [0.25, 0.3) is 6.08 Å². The Morgan fingerprint density at radius 2 is 2.14 bits per heavy atom. The Balaban J connectivity index is 1.84.